The third-order valence-electron chi connectivity index (χ3n) is 2.88. The average molecular weight is 229 g/mol. The Labute approximate surface area is 102 Å². The second-order valence-corrected chi connectivity index (χ2v) is 4.83. The van der Waals surface area contributed by atoms with E-state index in [1.807, 2.05) is 6.92 Å². The minimum absolute atomic E-state index is 0.477. The minimum Gasteiger partial charge on any atom is -0.380 e. The quantitative estimate of drug-likeness (QED) is 0.545. The van der Waals surface area contributed by atoms with Crippen LogP contribution in [0.5, 0.6) is 0 Å². The zero-order valence-corrected chi connectivity index (χ0v) is 11.7. The first kappa shape index (κ1) is 15.9. The Morgan fingerprint density at radius 3 is 2.25 bits per heavy atom. The van der Waals surface area contributed by atoms with Gasteiger partial charge in [-0.1, -0.05) is 39.0 Å². The van der Waals surface area contributed by atoms with Gasteiger partial charge in [-0.2, -0.15) is 0 Å². The molecule has 0 rings (SSSR count). The lowest BCUT2D eigenvalue weighted by Crippen LogP contribution is -2.37. The number of nitrogens with one attached hydrogen (secondary N) is 1. The summed E-state index contributed by atoms with van der Waals surface area (Å²) in [5.41, 5.74) is 0. The van der Waals surface area contributed by atoms with Crippen molar-refractivity contribution in [3.8, 4) is 0 Å². The number of ether oxygens (including phenoxy) is 1. The van der Waals surface area contributed by atoms with E-state index in [2.05, 4.69) is 26.1 Å². The molecule has 0 aromatic carbocycles. The van der Waals surface area contributed by atoms with Gasteiger partial charge in [-0.25, -0.2) is 0 Å². The summed E-state index contributed by atoms with van der Waals surface area (Å²) in [6.07, 6.45) is 8.16. The predicted molar refractivity (Wildman–Crippen MR) is 71.9 cm³/mol. The molecule has 2 heteroatoms. The highest BCUT2D eigenvalue weighted by Gasteiger charge is 2.06. The number of hydrogen-bond donors (Lipinski definition) is 1. The number of unbranched alkanes of at least 4 members (excludes halogenated alkanes) is 4. The third kappa shape index (κ3) is 10.4. The average Bonchev–Trinajstić information content (AvgIpc) is 2.26. The Kier molecular flexibility index (Phi) is 11.3. The van der Waals surface area contributed by atoms with Gasteiger partial charge in [-0.05, 0) is 27.2 Å². The fraction of sp³-hybridized carbons (Fsp3) is 1.00. The Morgan fingerprint density at radius 1 is 0.938 bits per heavy atom. The maximum absolute atomic E-state index is 5.39. The largest absolute Gasteiger partial charge is 0.380 e. The summed E-state index contributed by atoms with van der Waals surface area (Å²) < 4.78 is 5.39. The SMILES string of the molecule is CCCCCCCC(C)NC(C)COCC. The molecule has 1 N–H and O–H groups in total. The fourth-order valence-corrected chi connectivity index (χ4v) is 1.97. The van der Waals surface area contributed by atoms with Crippen molar-refractivity contribution in [1.82, 2.24) is 5.32 Å². The van der Waals surface area contributed by atoms with E-state index in [0.29, 0.717) is 12.1 Å². The van der Waals surface area contributed by atoms with Crippen LogP contribution in [-0.2, 0) is 4.74 Å². The zero-order valence-electron chi connectivity index (χ0n) is 11.7. The summed E-state index contributed by atoms with van der Waals surface area (Å²) >= 11 is 0. The lowest BCUT2D eigenvalue weighted by atomic mass is 10.1. The zero-order chi connectivity index (χ0) is 12.2. The van der Waals surface area contributed by atoms with Crippen LogP contribution in [0.15, 0.2) is 0 Å². The molecule has 0 aromatic rings. The van der Waals surface area contributed by atoms with Gasteiger partial charge in [0, 0.05) is 18.7 Å². The lowest BCUT2D eigenvalue weighted by molar-refractivity contribution is 0.123. The van der Waals surface area contributed by atoms with E-state index in [0.717, 1.165) is 13.2 Å². The van der Waals surface area contributed by atoms with Crippen LogP contribution in [0.3, 0.4) is 0 Å². The van der Waals surface area contributed by atoms with Crippen molar-refractivity contribution in [1.29, 1.82) is 0 Å². The molecule has 2 atom stereocenters. The van der Waals surface area contributed by atoms with Gasteiger partial charge >= 0.3 is 0 Å². The Balaban J connectivity index is 3.32. The summed E-state index contributed by atoms with van der Waals surface area (Å²) in [7, 11) is 0. The van der Waals surface area contributed by atoms with Crippen LogP contribution in [0.2, 0.25) is 0 Å². The van der Waals surface area contributed by atoms with Gasteiger partial charge < -0.3 is 10.1 Å². The molecule has 0 fully saturated rings. The highest BCUT2D eigenvalue weighted by Crippen LogP contribution is 2.07. The molecule has 98 valence electrons. The fourth-order valence-electron chi connectivity index (χ4n) is 1.97. The van der Waals surface area contributed by atoms with Crippen molar-refractivity contribution in [2.75, 3.05) is 13.2 Å². The summed E-state index contributed by atoms with van der Waals surface area (Å²) in [5, 5.41) is 3.58. The van der Waals surface area contributed by atoms with Gasteiger partial charge in [-0.3, -0.25) is 0 Å². The first-order chi connectivity index (χ1) is 7.70. The normalized spacial score (nSPS) is 15.0. The van der Waals surface area contributed by atoms with E-state index in [4.69, 9.17) is 4.74 Å². The summed E-state index contributed by atoms with van der Waals surface area (Å²) in [6.45, 7) is 10.4. The van der Waals surface area contributed by atoms with Crippen molar-refractivity contribution in [2.45, 2.75) is 78.3 Å². The first-order valence-electron chi connectivity index (χ1n) is 7.04. The number of rotatable bonds is 11. The number of hydrogen-bond acceptors (Lipinski definition) is 2. The van der Waals surface area contributed by atoms with Crippen molar-refractivity contribution >= 4 is 0 Å². The van der Waals surface area contributed by atoms with Gasteiger partial charge in [0.05, 0.1) is 6.61 Å². The third-order valence-corrected chi connectivity index (χ3v) is 2.88. The predicted octanol–water partition coefficient (Wildman–Crippen LogP) is 3.75. The molecule has 0 bridgehead atoms. The van der Waals surface area contributed by atoms with Gasteiger partial charge in [-0.15, -0.1) is 0 Å². The lowest BCUT2D eigenvalue weighted by Gasteiger charge is -2.19. The molecule has 0 aliphatic carbocycles. The van der Waals surface area contributed by atoms with Crippen LogP contribution in [0.1, 0.15) is 66.2 Å². The maximum atomic E-state index is 5.39. The molecule has 0 saturated carbocycles. The van der Waals surface area contributed by atoms with E-state index in [1.54, 1.807) is 0 Å². The summed E-state index contributed by atoms with van der Waals surface area (Å²) in [4.78, 5) is 0. The second kappa shape index (κ2) is 11.4. The van der Waals surface area contributed by atoms with Gasteiger partial charge in [0.1, 0.15) is 0 Å². The topological polar surface area (TPSA) is 21.3 Å². The Bertz CT molecular complexity index is 139. The Morgan fingerprint density at radius 2 is 1.62 bits per heavy atom. The van der Waals surface area contributed by atoms with E-state index < -0.39 is 0 Å². The first-order valence-corrected chi connectivity index (χ1v) is 7.04. The molecule has 2 unspecified atom stereocenters. The molecular weight excluding hydrogens is 198 g/mol. The molecule has 0 saturated heterocycles. The monoisotopic (exact) mass is 229 g/mol. The van der Waals surface area contributed by atoms with Gasteiger partial charge in [0.25, 0.3) is 0 Å². The summed E-state index contributed by atoms with van der Waals surface area (Å²) in [5.74, 6) is 0. The van der Waals surface area contributed by atoms with E-state index in [9.17, 15) is 0 Å². The molecule has 2 nitrogen and oxygen atoms in total. The van der Waals surface area contributed by atoms with Gasteiger partial charge in [0.2, 0.25) is 0 Å². The molecular formula is C14H31NO. The smallest absolute Gasteiger partial charge is 0.0616 e. The Hall–Kier alpha value is -0.0800. The van der Waals surface area contributed by atoms with Crippen molar-refractivity contribution in [3.05, 3.63) is 0 Å². The van der Waals surface area contributed by atoms with E-state index in [1.165, 1.54) is 38.5 Å². The molecule has 0 spiro atoms. The van der Waals surface area contributed by atoms with Crippen LogP contribution in [0.4, 0.5) is 0 Å². The standard InChI is InChI=1S/C14H31NO/c1-5-7-8-9-10-11-13(3)15-14(4)12-16-6-2/h13-15H,5-12H2,1-4H3. The molecule has 0 heterocycles. The summed E-state index contributed by atoms with van der Waals surface area (Å²) in [6, 6.07) is 1.10. The molecule has 0 amide bonds. The van der Waals surface area contributed by atoms with Gasteiger partial charge in [0.15, 0.2) is 0 Å². The molecule has 16 heavy (non-hydrogen) atoms. The molecule has 0 aliphatic rings. The maximum Gasteiger partial charge on any atom is 0.0616 e. The highest BCUT2D eigenvalue weighted by atomic mass is 16.5. The second-order valence-electron chi connectivity index (χ2n) is 4.83. The minimum atomic E-state index is 0.477. The highest BCUT2D eigenvalue weighted by molar-refractivity contribution is 4.67. The van der Waals surface area contributed by atoms with Crippen LogP contribution >= 0.6 is 0 Å². The van der Waals surface area contributed by atoms with E-state index >= 15 is 0 Å². The van der Waals surface area contributed by atoms with Crippen molar-refractivity contribution in [3.63, 3.8) is 0 Å². The van der Waals surface area contributed by atoms with Crippen LogP contribution in [0.25, 0.3) is 0 Å². The van der Waals surface area contributed by atoms with E-state index in [-0.39, 0.29) is 0 Å². The molecule has 0 aromatic heterocycles. The van der Waals surface area contributed by atoms with Crippen molar-refractivity contribution in [2.24, 2.45) is 0 Å². The van der Waals surface area contributed by atoms with Crippen LogP contribution < -0.4 is 5.32 Å². The molecule has 0 radical (unpaired) electrons. The molecule has 0 aliphatic heterocycles. The van der Waals surface area contributed by atoms with Crippen LogP contribution in [-0.4, -0.2) is 25.3 Å². The van der Waals surface area contributed by atoms with Crippen molar-refractivity contribution < 1.29 is 4.74 Å². The van der Waals surface area contributed by atoms with Crippen LogP contribution in [0, 0.1) is 0 Å².